The molecule has 0 spiro atoms. The van der Waals surface area contributed by atoms with Crippen molar-refractivity contribution < 1.29 is 31.5 Å². The number of rotatable bonds is 11. The number of hydrogen-bond donors (Lipinski definition) is 2. The lowest BCUT2D eigenvalue weighted by Gasteiger charge is -2.21. The summed E-state index contributed by atoms with van der Waals surface area (Å²) in [6, 6.07) is 12.0. The molecule has 1 aromatic heterocycles. The SMILES string of the molecule is COCCN1CC(NC(=O)Nc2c(C)c(OCCS(C)(=O)=O)nn2-c2ccccc2)[C@H](c2ccc(F)c(F)c2)C1. The number of halogens is 2. The topological polar surface area (TPSA) is 115 Å². The van der Waals surface area contributed by atoms with Gasteiger partial charge in [0.15, 0.2) is 21.5 Å². The molecule has 1 fully saturated rings. The molecule has 0 bridgehead atoms. The van der Waals surface area contributed by atoms with E-state index in [1.54, 1.807) is 26.2 Å². The number of nitrogens with zero attached hydrogens (tertiary/aromatic N) is 3. The van der Waals surface area contributed by atoms with Crippen LogP contribution in [-0.4, -0.2) is 87.1 Å². The second-order valence-corrected chi connectivity index (χ2v) is 12.0. The molecule has 0 radical (unpaired) electrons. The number of urea groups is 1. The molecule has 1 unspecified atom stereocenters. The lowest BCUT2D eigenvalue weighted by atomic mass is 9.94. The molecule has 2 heterocycles. The molecule has 13 heteroatoms. The Hall–Kier alpha value is -3.55. The van der Waals surface area contributed by atoms with Crippen LogP contribution in [0.5, 0.6) is 5.88 Å². The van der Waals surface area contributed by atoms with Crippen LogP contribution in [0.1, 0.15) is 17.0 Å². The van der Waals surface area contributed by atoms with Gasteiger partial charge in [-0.3, -0.25) is 10.2 Å². The summed E-state index contributed by atoms with van der Waals surface area (Å²) in [4.78, 5) is 15.4. The number of carbonyl (C=O) groups excluding carboxylic acids is 1. The maximum atomic E-state index is 14.1. The third kappa shape index (κ3) is 7.34. The molecule has 2 N–H and O–H groups in total. The normalized spacial score (nSPS) is 17.6. The van der Waals surface area contributed by atoms with Crippen LogP contribution in [0.4, 0.5) is 19.4 Å². The van der Waals surface area contributed by atoms with Crippen molar-refractivity contribution in [3.63, 3.8) is 0 Å². The molecule has 4 rings (SSSR count). The summed E-state index contributed by atoms with van der Waals surface area (Å²) in [7, 11) is -1.63. The number of sulfone groups is 1. The van der Waals surface area contributed by atoms with Crippen molar-refractivity contribution in [3.8, 4) is 11.6 Å². The zero-order chi connectivity index (χ0) is 28.9. The molecular formula is C27H33F2N5O5S. The molecule has 0 saturated carbocycles. The van der Waals surface area contributed by atoms with Gasteiger partial charge < -0.3 is 14.8 Å². The van der Waals surface area contributed by atoms with Crippen LogP contribution in [-0.2, 0) is 14.6 Å². The largest absolute Gasteiger partial charge is 0.475 e. The number of aromatic nitrogens is 2. The van der Waals surface area contributed by atoms with Crippen LogP contribution in [0.25, 0.3) is 5.69 Å². The first-order chi connectivity index (χ1) is 19.1. The molecule has 0 aliphatic carbocycles. The number of methoxy groups -OCH3 is 1. The van der Waals surface area contributed by atoms with E-state index in [9.17, 15) is 22.0 Å². The molecule has 1 aliphatic heterocycles. The molecular weight excluding hydrogens is 544 g/mol. The Kier molecular flexibility index (Phi) is 9.38. The molecule has 1 saturated heterocycles. The van der Waals surface area contributed by atoms with Crippen LogP contribution < -0.4 is 15.4 Å². The smallest absolute Gasteiger partial charge is 0.320 e. The number of carbonyl (C=O) groups is 1. The predicted molar refractivity (Wildman–Crippen MR) is 147 cm³/mol. The predicted octanol–water partition coefficient (Wildman–Crippen LogP) is 3.12. The number of hydrogen-bond acceptors (Lipinski definition) is 7. The molecule has 10 nitrogen and oxygen atoms in total. The first-order valence-corrected chi connectivity index (χ1v) is 14.8. The van der Waals surface area contributed by atoms with Crippen LogP contribution in [0.2, 0.25) is 0 Å². The van der Waals surface area contributed by atoms with Crippen LogP contribution in [0.3, 0.4) is 0 Å². The first-order valence-electron chi connectivity index (χ1n) is 12.7. The lowest BCUT2D eigenvalue weighted by molar-refractivity contribution is 0.159. The fourth-order valence-corrected chi connectivity index (χ4v) is 5.02. The minimum atomic E-state index is -3.23. The van der Waals surface area contributed by atoms with Gasteiger partial charge in [0, 0.05) is 38.9 Å². The van der Waals surface area contributed by atoms with Gasteiger partial charge in [-0.15, -0.1) is 5.10 Å². The number of likely N-dealkylation sites (tertiary alicyclic amines) is 1. The standard InChI is InChI=1S/C27H33F2N5O5S/c1-18-25(34(20-7-5-4-6-8-20)32-26(18)39-13-14-40(3,36)37)31-27(35)30-24-17-33(11-12-38-2)16-21(24)19-9-10-22(28)23(29)15-19/h4-10,15,21,24H,11-14,16-17H2,1-3H3,(H2,30,31,35)/t21-,24?/m0/s1. The highest BCUT2D eigenvalue weighted by Crippen LogP contribution is 2.31. The maximum Gasteiger partial charge on any atom is 0.320 e. The van der Waals surface area contributed by atoms with E-state index in [2.05, 4.69) is 20.6 Å². The van der Waals surface area contributed by atoms with Crippen molar-refractivity contribution in [2.24, 2.45) is 0 Å². The Morgan fingerprint density at radius 3 is 2.52 bits per heavy atom. The summed E-state index contributed by atoms with van der Waals surface area (Å²) >= 11 is 0. The number of para-hydroxylation sites is 1. The van der Waals surface area contributed by atoms with Crippen molar-refractivity contribution >= 4 is 21.7 Å². The van der Waals surface area contributed by atoms with Gasteiger partial charge in [-0.05, 0) is 36.8 Å². The Balaban J connectivity index is 1.56. The lowest BCUT2D eigenvalue weighted by Crippen LogP contribution is -2.42. The van der Waals surface area contributed by atoms with Gasteiger partial charge in [0.2, 0.25) is 5.88 Å². The summed E-state index contributed by atoms with van der Waals surface area (Å²) in [6.07, 6.45) is 1.12. The van der Waals surface area contributed by atoms with Crippen LogP contribution in [0, 0.1) is 18.6 Å². The Morgan fingerprint density at radius 2 is 1.85 bits per heavy atom. The third-order valence-electron chi connectivity index (χ3n) is 6.70. The van der Waals surface area contributed by atoms with Crippen molar-refractivity contribution in [1.82, 2.24) is 20.0 Å². The number of anilines is 1. The summed E-state index contributed by atoms with van der Waals surface area (Å²) in [5.41, 5.74) is 1.75. The molecule has 2 aromatic carbocycles. The van der Waals surface area contributed by atoms with Crippen molar-refractivity contribution in [3.05, 3.63) is 71.3 Å². The van der Waals surface area contributed by atoms with Crippen LogP contribution >= 0.6 is 0 Å². The quantitative estimate of drug-likeness (QED) is 0.360. The van der Waals surface area contributed by atoms with Gasteiger partial charge in [-0.1, -0.05) is 24.3 Å². The van der Waals surface area contributed by atoms with Gasteiger partial charge in [0.1, 0.15) is 12.4 Å². The van der Waals surface area contributed by atoms with E-state index in [1.165, 1.54) is 16.8 Å². The summed E-state index contributed by atoms with van der Waals surface area (Å²) < 4.78 is 63.1. The second-order valence-electron chi connectivity index (χ2n) is 9.74. The molecule has 1 aliphatic rings. The van der Waals surface area contributed by atoms with E-state index < -0.39 is 33.5 Å². The minimum Gasteiger partial charge on any atom is -0.475 e. The Morgan fingerprint density at radius 1 is 1.10 bits per heavy atom. The van der Waals surface area contributed by atoms with E-state index in [4.69, 9.17) is 9.47 Å². The molecule has 2 atom stereocenters. The molecule has 40 heavy (non-hydrogen) atoms. The zero-order valence-corrected chi connectivity index (χ0v) is 23.4. The fraction of sp³-hybridized carbons (Fsp3) is 0.407. The average Bonchev–Trinajstić information content (AvgIpc) is 3.45. The zero-order valence-electron chi connectivity index (χ0n) is 22.6. The first kappa shape index (κ1) is 29.4. The highest BCUT2D eigenvalue weighted by Gasteiger charge is 2.35. The van der Waals surface area contributed by atoms with E-state index in [1.807, 2.05) is 18.2 Å². The number of benzene rings is 2. The fourth-order valence-electron chi connectivity index (χ4n) is 4.63. The highest BCUT2D eigenvalue weighted by atomic mass is 32.2. The monoisotopic (exact) mass is 577 g/mol. The summed E-state index contributed by atoms with van der Waals surface area (Å²) in [5, 5.41) is 10.3. The molecule has 2 amide bonds. The second kappa shape index (κ2) is 12.7. The van der Waals surface area contributed by atoms with Gasteiger partial charge in [-0.25, -0.2) is 26.7 Å². The van der Waals surface area contributed by atoms with Gasteiger partial charge in [0.25, 0.3) is 0 Å². The van der Waals surface area contributed by atoms with Gasteiger partial charge in [0.05, 0.1) is 29.7 Å². The van der Waals surface area contributed by atoms with E-state index in [0.717, 1.165) is 12.3 Å². The molecule has 216 valence electrons. The Labute approximate surface area is 232 Å². The maximum absolute atomic E-state index is 14.1. The Bertz CT molecular complexity index is 1430. The minimum absolute atomic E-state index is 0.0909. The van der Waals surface area contributed by atoms with Gasteiger partial charge >= 0.3 is 6.03 Å². The van der Waals surface area contributed by atoms with Crippen LogP contribution in [0.15, 0.2) is 48.5 Å². The number of amides is 2. The number of ether oxygens (including phenoxy) is 2. The molecule has 3 aromatic rings. The van der Waals surface area contributed by atoms with Crippen molar-refractivity contribution in [1.29, 1.82) is 0 Å². The third-order valence-corrected chi connectivity index (χ3v) is 7.61. The van der Waals surface area contributed by atoms with E-state index >= 15 is 0 Å². The van der Waals surface area contributed by atoms with Crippen molar-refractivity contribution in [2.75, 3.05) is 57.3 Å². The highest BCUT2D eigenvalue weighted by molar-refractivity contribution is 7.90. The van der Waals surface area contributed by atoms with E-state index in [0.29, 0.717) is 48.9 Å². The summed E-state index contributed by atoms with van der Waals surface area (Å²) in [5.74, 6) is -1.81. The average molecular weight is 578 g/mol. The summed E-state index contributed by atoms with van der Waals surface area (Å²) in [6.45, 7) is 3.73. The van der Waals surface area contributed by atoms with Gasteiger partial charge in [-0.2, -0.15) is 0 Å². The van der Waals surface area contributed by atoms with Crippen molar-refractivity contribution in [2.45, 2.75) is 18.9 Å². The van der Waals surface area contributed by atoms with E-state index in [-0.39, 0.29) is 24.2 Å². The number of nitrogens with one attached hydrogen (secondary N) is 2.